The van der Waals surface area contributed by atoms with Gasteiger partial charge in [-0.25, -0.2) is 14.2 Å². The van der Waals surface area contributed by atoms with E-state index in [1.165, 1.54) is 30.6 Å². The normalized spacial score (nSPS) is 15.8. The van der Waals surface area contributed by atoms with Gasteiger partial charge in [-0.05, 0) is 36.6 Å². The number of benzene rings is 1. The van der Waals surface area contributed by atoms with Gasteiger partial charge in [0, 0.05) is 30.2 Å². The van der Waals surface area contributed by atoms with Crippen molar-refractivity contribution in [1.82, 2.24) is 14.9 Å². The predicted molar refractivity (Wildman–Crippen MR) is 121 cm³/mol. The van der Waals surface area contributed by atoms with Gasteiger partial charge in [-0.15, -0.1) is 11.3 Å². The molecule has 4 rings (SSSR count). The number of carbonyl (C=O) groups excluding carboxylic acids is 3. The number of piperidine rings is 1. The van der Waals surface area contributed by atoms with Crippen LogP contribution in [0.3, 0.4) is 0 Å². The molecule has 10 heteroatoms. The molecule has 1 saturated heterocycles. The number of esters is 1. The average molecular weight is 471 g/mol. The zero-order valence-corrected chi connectivity index (χ0v) is 18.8. The van der Waals surface area contributed by atoms with Crippen molar-refractivity contribution in [3.63, 3.8) is 0 Å². The van der Waals surface area contributed by atoms with Crippen molar-refractivity contribution in [2.45, 2.75) is 19.3 Å². The van der Waals surface area contributed by atoms with Crippen LogP contribution in [0.1, 0.15) is 28.9 Å². The van der Waals surface area contributed by atoms with Crippen molar-refractivity contribution < 1.29 is 23.5 Å². The lowest BCUT2D eigenvalue weighted by Gasteiger charge is -2.32. The highest BCUT2D eigenvalue weighted by Gasteiger charge is 2.29. The van der Waals surface area contributed by atoms with Gasteiger partial charge in [0.25, 0.3) is 0 Å². The van der Waals surface area contributed by atoms with E-state index in [1.807, 2.05) is 0 Å². The molecule has 2 amide bonds. The summed E-state index contributed by atoms with van der Waals surface area (Å²) in [6, 6.07) is 7.50. The summed E-state index contributed by atoms with van der Waals surface area (Å²) < 4.78 is 17.8. The molecule has 8 nitrogen and oxygen atoms in total. The fourth-order valence-corrected chi connectivity index (χ4v) is 4.47. The monoisotopic (exact) mass is 470 g/mol. The molecule has 33 heavy (non-hydrogen) atoms. The lowest BCUT2D eigenvalue weighted by atomic mass is 9.96. The number of nitrogens with one attached hydrogen (secondary N) is 2. The Balaban J connectivity index is 1.34. The third-order valence-corrected chi connectivity index (χ3v) is 6.29. The molecule has 0 spiro atoms. The zero-order valence-electron chi connectivity index (χ0n) is 18.0. The van der Waals surface area contributed by atoms with E-state index in [-0.39, 0.29) is 30.0 Å². The summed E-state index contributed by atoms with van der Waals surface area (Å²) >= 11 is 1.29. The van der Waals surface area contributed by atoms with Gasteiger partial charge in [-0.2, -0.15) is 0 Å². The van der Waals surface area contributed by atoms with Crippen LogP contribution in [0.5, 0.6) is 0 Å². The number of methoxy groups -OCH3 is 1. The Morgan fingerprint density at radius 1 is 1.30 bits per heavy atom. The topological polar surface area (TPSA) is 104 Å². The maximum Gasteiger partial charge on any atom is 0.354 e. The number of carbonyl (C=O) groups is 3. The zero-order chi connectivity index (χ0) is 23.4. The van der Waals surface area contributed by atoms with Crippen LogP contribution in [-0.4, -0.2) is 52.9 Å². The van der Waals surface area contributed by atoms with E-state index in [0.717, 1.165) is 12.0 Å². The van der Waals surface area contributed by atoms with E-state index in [4.69, 9.17) is 0 Å². The summed E-state index contributed by atoms with van der Waals surface area (Å²) in [5, 5.41) is 5.09. The smallest absolute Gasteiger partial charge is 0.354 e. The second-order valence-corrected chi connectivity index (χ2v) is 8.66. The fourth-order valence-electron chi connectivity index (χ4n) is 3.75. The number of likely N-dealkylation sites (tertiary alicyclic amines) is 1. The average Bonchev–Trinajstić information content (AvgIpc) is 3.50. The first-order valence-corrected chi connectivity index (χ1v) is 11.4. The van der Waals surface area contributed by atoms with E-state index in [1.54, 1.807) is 34.7 Å². The van der Waals surface area contributed by atoms with Crippen LogP contribution in [0.2, 0.25) is 0 Å². The molecule has 0 radical (unpaired) electrons. The Kier molecular flexibility index (Phi) is 6.83. The van der Waals surface area contributed by atoms with Gasteiger partial charge in [0.05, 0.1) is 25.1 Å². The number of nitrogens with zero attached hydrogens (tertiary/aromatic N) is 2. The fraction of sp³-hybridized carbons (Fsp3) is 0.304. The summed E-state index contributed by atoms with van der Waals surface area (Å²) in [5.41, 5.74) is 2.39. The van der Waals surface area contributed by atoms with Gasteiger partial charge in [0.15, 0.2) is 5.13 Å². The van der Waals surface area contributed by atoms with Crippen molar-refractivity contribution in [2.75, 3.05) is 25.5 Å². The maximum atomic E-state index is 13.1. The number of thiazole rings is 1. The van der Waals surface area contributed by atoms with Gasteiger partial charge in [0.2, 0.25) is 11.8 Å². The minimum atomic E-state index is -0.471. The third kappa shape index (κ3) is 5.46. The van der Waals surface area contributed by atoms with Crippen LogP contribution >= 0.6 is 11.3 Å². The molecule has 3 heterocycles. The lowest BCUT2D eigenvalue weighted by molar-refractivity contribution is -0.133. The number of anilines is 1. The van der Waals surface area contributed by atoms with Crippen molar-refractivity contribution in [3.05, 3.63) is 59.0 Å². The van der Waals surface area contributed by atoms with Crippen LogP contribution < -0.4 is 5.32 Å². The van der Waals surface area contributed by atoms with Gasteiger partial charge in [0.1, 0.15) is 11.5 Å². The molecule has 1 fully saturated rings. The van der Waals surface area contributed by atoms with Crippen LogP contribution in [-0.2, 0) is 20.7 Å². The molecule has 172 valence electrons. The van der Waals surface area contributed by atoms with Crippen LogP contribution in [0, 0.1) is 11.7 Å². The third-order valence-electron chi connectivity index (χ3n) is 5.53. The van der Waals surface area contributed by atoms with Gasteiger partial charge in [-0.3, -0.25) is 9.59 Å². The number of hydrogen-bond acceptors (Lipinski definition) is 6. The van der Waals surface area contributed by atoms with Crippen LogP contribution in [0.15, 0.2) is 41.9 Å². The summed E-state index contributed by atoms with van der Waals surface area (Å²) in [7, 11) is 1.31. The minimum absolute atomic E-state index is 0.0792. The largest absolute Gasteiger partial charge is 0.464 e. The SMILES string of the molecule is COC(=O)c1cc(-c2csc(NC(=O)C3CCCN(C(=O)Cc4ccc(F)cc4)C3)n2)c[nH]1. The van der Waals surface area contributed by atoms with Crippen molar-refractivity contribution in [3.8, 4) is 11.3 Å². The number of amides is 2. The molecule has 3 aromatic rings. The van der Waals surface area contributed by atoms with E-state index in [2.05, 4.69) is 20.0 Å². The van der Waals surface area contributed by atoms with Crippen LogP contribution in [0.4, 0.5) is 9.52 Å². The predicted octanol–water partition coefficient (Wildman–Crippen LogP) is 3.48. The molecular formula is C23H23FN4O4S. The first-order chi connectivity index (χ1) is 15.9. The number of ether oxygens (including phenoxy) is 1. The number of H-pyrrole nitrogens is 1. The van der Waals surface area contributed by atoms with Crippen molar-refractivity contribution in [2.24, 2.45) is 5.92 Å². The van der Waals surface area contributed by atoms with Gasteiger partial charge in [-0.1, -0.05) is 12.1 Å². The molecule has 1 atom stereocenters. The van der Waals surface area contributed by atoms with Gasteiger partial charge < -0.3 is 19.9 Å². The number of rotatable bonds is 6. The molecule has 0 aliphatic carbocycles. The standard InChI is InChI=1S/C23H23FN4O4S/c1-32-22(31)18-10-16(11-25-18)19-13-33-23(26-19)27-21(30)15-3-2-8-28(12-15)20(29)9-14-4-6-17(24)7-5-14/h4-7,10-11,13,15,25H,2-3,8-9,12H2,1H3,(H,26,27,30). The summed E-state index contributed by atoms with van der Waals surface area (Å²) in [5.74, 6) is -1.40. The second kappa shape index (κ2) is 9.95. The molecule has 1 aromatic carbocycles. The highest BCUT2D eigenvalue weighted by atomic mass is 32.1. The van der Waals surface area contributed by atoms with E-state index < -0.39 is 5.97 Å². The Bertz CT molecular complexity index is 1160. The Hall–Kier alpha value is -3.53. The molecular weight excluding hydrogens is 447 g/mol. The molecule has 0 saturated carbocycles. The van der Waals surface area contributed by atoms with Crippen LogP contribution in [0.25, 0.3) is 11.3 Å². The van der Waals surface area contributed by atoms with Gasteiger partial charge >= 0.3 is 5.97 Å². The number of aromatic nitrogens is 2. The molecule has 1 aliphatic rings. The first kappa shape index (κ1) is 22.7. The molecule has 2 aromatic heterocycles. The number of hydrogen-bond donors (Lipinski definition) is 2. The number of aromatic amines is 1. The molecule has 1 aliphatic heterocycles. The first-order valence-electron chi connectivity index (χ1n) is 10.5. The minimum Gasteiger partial charge on any atom is -0.464 e. The Morgan fingerprint density at radius 3 is 2.85 bits per heavy atom. The lowest BCUT2D eigenvalue weighted by Crippen LogP contribution is -2.44. The number of halogens is 1. The quantitative estimate of drug-likeness (QED) is 0.537. The maximum absolute atomic E-state index is 13.1. The molecule has 1 unspecified atom stereocenters. The molecule has 2 N–H and O–H groups in total. The Labute approximate surface area is 193 Å². The molecule has 0 bridgehead atoms. The summed E-state index contributed by atoms with van der Waals surface area (Å²) in [6.45, 7) is 0.936. The highest BCUT2D eigenvalue weighted by Crippen LogP contribution is 2.27. The van der Waals surface area contributed by atoms with E-state index >= 15 is 0 Å². The highest BCUT2D eigenvalue weighted by molar-refractivity contribution is 7.14. The van der Waals surface area contributed by atoms with E-state index in [9.17, 15) is 18.8 Å². The van der Waals surface area contributed by atoms with Crippen molar-refractivity contribution >= 4 is 34.3 Å². The summed E-state index contributed by atoms with van der Waals surface area (Å²) in [6.07, 6.45) is 3.24. The Morgan fingerprint density at radius 2 is 2.09 bits per heavy atom. The second-order valence-electron chi connectivity index (χ2n) is 7.80. The van der Waals surface area contributed by atoms with E-state index in [0.29, 0.717) is 41.6 Å². The van der Waals surface area contributed by atoms with Crippen molar-refractivity contribution in [1.29, 1.82) is 0 Å². The summed E-state index contributed by atoms with van der Waals surface area (Å²) in [4.78, 5) is 46.1.